The molecule has 0 saturated carbocycles. The fraction of sp³-hybridized carbons (Fsp3) is 0.364. The Morgan fingerprint density at radius 3 is 2.43 bits per heavy atom. The summed E-state index contributed by atoms with van der Waals surface area (Å²) in [6.45, 7) is 5.50. The highest BCUT2D eigenvalue weighted by Crippen LogP contribution is 2.13. The fourth-order valence-electron chi connectivity index (χ4n) is 3.00. The molecular formula is C22H27N3O5. The van der Waals surface area contributed by atoms with Gasteiger partial charge in [0.05, 0.1) is 18.9 Å². The predicted molar refractivity (Wildman–Crippen MR) is 113 cm³/mol. The number of hydrogen-bond acceptors (Lipinski definition) is 7. The lowest BCUT2D eigenvalue weighted by atomic mass is 10.1. The smallest absolute Gasteiger partial charge is 0.271 e. The molecule has 1 aliphatic rings. The van der Waals surface area contributed by atoms with Crippen LogP contribution in [0.15, 0.2) is 53.6 Å². The molecular weight excluding hydrogens is 386 g/mol. The summed E-state index contributed by atoms with van der Waals surface area (Å²) >= 11 is 0. The van der Waals surface area contributed by atoms with Crippen LogP contribution in [0.25, 0.3) is 0 Å². The van der Waals surface area contributed by atoms with E-state index >= 15 is 0 Å². The van der Waals surface area contributed by atoms with Gasteiger partial charge < -0.3 is 19.7 Å². The van der Waals surface area contributed by atoms with E-state index in [0.717, 1.165) is 18.7 Å². The Kier molecular flexibility index (Phi) is 7.78. The minimum atomic E-state index is -0.594. The van der Waals surface area contributed by atoms with Gasteiger partial charge in [-0.15, -0.1) is 0 Å². The number of benzene rings is 2. The van der Waals surface area contributed by atoms with Crippen LogP contribution in [0.1, 0.15) is 22.8 Å². The molecule has 1 saturated heterocycles. The number of nitrogens with one attached hydrogen (secondary N) is 1. The van der Waals surface area contributed by atoms with E-state index in [4.69, 9.17) is 9.47 Å². The maximum Gasteiger partial charge on any atom is 0.271 e. The zero-order valence-electron chi connectivity index (χ0n) is 17.0. The zero-order chi connectivity index (χ0) is 21.3. The summed E-state index contributed by atoms with van der Waals surface area (Å²) in [5.41, 5.74) is 4.38. The number of hydrogen-bond donors (Lipinski definition) is 3. The van der Waals surface area contributed by atoms with Crippen LogP contribution in [0.3, 0.4) is 0 Å². The van der Waals surface area contributed by atoms with Gasteiger partial charge in [-0.05, 0) is 61.0 Å². The van der Waals surface area contributed by atoms with Crippen LogP contribution < -0.4 is 10.2 Å². The van der Waals surface area contributed by atoms with Crippen LogP contribution in [-0.4, -0.2) is 72.3 Å². The number of hydrazone groups is 1. The van der Waals surface area contributed by atoms with Gasteiger partial charge in [0.25, 0.3) is 5.91 Å². The van der Waals surface area contributed by atoms with E-state index in [0.29, 0.717) is 36.8 Å². The predicted octanol–water partition coefficient (Wildman–Crippen LogP) is 1.62. The van der Waals surface area contributed by atoms with Gasteiger partial charge in [0, 0.05) is 25.2 Å². The first-order chi connectivity index (χ1) is 14.5. The SMILES string of the molecule is CC(=NNC(=O)c1ccc(OCC(O)CN2CCOCC2)cc1)c1ccc(O)cc1. The number of carbonyl (C=O) groups excluding carboxylic acids is 1. The van der Waals surface area contributed by atoms with Crippen LogP contribution in [0, 0.1) is 0 Å². The van der Waals surface area contributed by atoms with E-state index in [1.54, 1.807) is 55.5 Å². The van der Waals surface area contributed by atoms with E-state index in [1.165, 1.54) is 0 Å². The molecule has 30 heavy (non-hydrogen) atoms. The molecule has 0 bridgehead atoms. The number of aliphatic hydroxyl groups excluding tert-OH is 1. The topological polar surface area (TPSA) is 104 Å². The van der Waals surface area contributed by atoms with Gasteiger partial charge >= 0.3 is 0 Å². The van der Waals surface area contributed by atoms with Crippen molar-refractivity contribution in [1.29, 1.82) is 0 Å². The highest BCUT2D eigenvalue weighted by Gasteiger charge is 2.15. The lowest BCUT2D eigenvalue weighted by Gasteiger charge is -2.28. The molecule has 2 aromatic carbocycles. The maximum atomic E-state index is 12.3. The van der Waals surface area contributed by atoms with Gasteiger partial charge in [0.1, 0.15) is 24.2 Å². The molecule has 3 N–H and O–H groups in total. The Bertz CT molecular complexity index is 846. The Hall–Kier alpha value is -2.94. The summed E-state index contributed by atoms with van der Waals surface area (Å²) in [4.78, 5) is 14.4. The fourth-order valence-corrected chi connectivity index (χ4v) is 3.00. The number of ether oxygens (including phenoxy) is 2. The maximum absolute atomic E-state index is 12.3. The van der Waals surface area contributed by atoms with E-state index in [1.807, 2.05) is 0 Å². The van der Waals surface area contributed by atoms with E-state index < -0.39 is 6.10 Å². The Balaban J connectivity index is 1.46. The number of nitrogens with zero attached hydrogens (tertiary/aromatic N) is 2. The molecule has 0 spiro atoms. The Morgan fingerprint density at radius 1 is 1.13 bits per heavy atom. The van der Waals surface area contributed by atoms with Crippen molar-refractivity contribution in [3.8, 4) is 11.5 Å². The van der Waals surface area contributed by atoms with Crippen LogP contribution in [0.2, 0.25) is 0 Å². The number of phenols is 1. The Morgan fingerprint density at radius 2 is 1.77 bits per heavy atom. The highest BCUT2D eigenvalue weighted by atomic mass is 16.5. The minimum Gasteiger partial charge on any atom is -0.508 e. The van der Waals surface area contributed by atoms with Crippen molar-refractivity contribution in [2.45, 2.75) is 13.0 Å². The number of amides is 1. The summed E-state index contributed by atoms with van der Waals surface area (Å²) in [5.74, 6) is 0.412. The van der Waals surface area contributed by atoms with Crippen molar-refractivity contribution >= 4 is 11.6 Å². The van der Waals surface area contributed by atoms with Crippen LogP contribution >= 0.6 is 0 Å². The first kappa shape index (κ1) is 21.8. The van der Waals surface area contributed by atoms with Gasteiger partial charge in [-0.25, -0.2) is 5.43 Å². The number of phenolic OH excluding ortho intramolecular Hbond substituents is 1. The van der Waals surface area contributed by atoms with Gasteiger partial charge in [-0.2, -0.15) is 5.10 Å². The first-order valence-corrected chi connectivity index (χ1v) is 9.86. The van der Waals surface area contributed by atoms with Crippen molar-refractivity contribution in [2.75, 3.05) is 39.5 Å². The third kappa shape index (κ3) is 6.55. The van der Waals surface area contributed by atoms with Crippen molar-refractivity contribution in [3.63, 3.8) is 0 Å². The van der Waals surface area contributed by atoms with Crippen LogP contribution in [0.4, 0.5) is 0 Å². The van der Waals surface area contributed by atoms with Crippen molar-refractivity contribution in [2.24, 2.45) is 5.10 Å². The third-order valence-electron chi connectivity index (χ3n) is 4.74. The third-order valence-corrected chi connectivity index (χ3v) is 4.74. The second-order valence-corrected chi connectivity index (χ2v) is 7.09. The molecule has 160 valence electrons. The summed E-state index contributed by atoms with van der Waals surface area (Å²) in [7, 11) is 0. The molecule has 1 aliphatic heterocycles. The van der Waals surface area contributed by atoms with Crippen molar-refractivity contribution in [3.05, 3.63) is 59.7 Å². The quantitative estimate of drug-likeness (QED) is 0.449. The second-order valence-electron chi connectivity index (χ2n) is 7.09. The lowest BCUT2D eigenvalue weighted by molar-refractivity contribution is 0.00465. The highest BCUT2D eigenvalue weighted by molar-refractivity contribution is 6.00. The monoisotopic (exact) mass is 413 g/mol. The average Bonchev–Trinajstić information content (AvgIpc) is 2.77. The molecule has 3 rings (SSSR count). The number of aliphatic hydroxyl groups is 1. The summed E-state index contributed by atoms with van der Waals surface area (Å²) < 4.78 is 10.9. The average molecular weight is 413 g/mol. The number of aromatic hydroxyl groups is 1. The second kappa shape index (κ2) is 10.7. The molecule has 1 heterocycles. The molecule has 0 radical (unpaired) electrons. The summed E-state index contributed by atoms with van der Waals surface area (Å²) in [5, 5.41) is 23.6. The van der Waals surface area contributed by atoms with Gasteiger partial charge in [0.15, 0.2) is 0 Å². The standard InChI is InChI=1S/C22H27N3O5/c1-16(17-2-6-19(26)7-3-17)23-24-22(28)18-4-8-21(9-5-18)30-15-20(27)14-25-10-12-29-13-11-25/h2-9,20,26-27H,10-15H2,1H3,(H,24,28). The molecule has 1 fully saturated rings. The van der Waals surface area contributed by atoms with Crippen LogP contribution in [-0.2, 0) is 4.74 Å². The molecule has 1 amide bonds. The normalized spacial score (nSPS) is 16.1. The van der Waals surface area contributed by atoms with Gasteiger partial charge in [-0.3, -0.25) is 9.69 Å². The number of carbonyl (C=O) groups is 1. The number of rotatable bonds is 8. The largest absolute Gasteiger partial charge is 0.508 e. The summed E-state index contributed by atoms with van der Waals surface area (Å²) in [6, 6.07) is 13.2. The van der Waals surface area contributed by atoms with E-state index in [2.05, 4.69) is 15.4 Å². The molecule has 2 aromatic rings. The molecule has 0 aromatic heterocycles. The lowest BCUT2D eigenvalue weighted by Crippen LogP contribution is -2.42. The van der Waals surface area contributed by atoms with Crippen LogP contribution in [0.5, 0.6) is 11.5 Å². The first-order valence-electron chi connectivity index (χ1n) is 9.86. The molecule has 1 atom stereocenters. The van der Waals surface area contributed by atoms with Gasteiger partial charge in [-0.1, -0.05) is 0 Å². The molecule has 8 heteroatoms. The minimum absolute atomic E-state index is 0.173. The van der Waals surface area contributed by atoms with Crippen molar-refractivity contribution in [1.82, 2.24) is 10.3 Å². The molecule has 0 aliphatic carbocycles. The van der Waals surface area contributed by atoms with E-state index in [9.17, 15) is 15.0 Å². The number of β-amino-alcohol motifs (C(OH)–C–C–N with tert-alkyl or cyclic N) is 1. The van der Waals surface area contributed by atoms with E-state index in [-0.39, 0.29) is 18.3 Å². The molecule has 8 nitrogen and oxygen atoms in total. The summed E-state index contributed by atoms with van der Waals surface area (Å²) in [6.07, 6.45) is -0.594. The molecule has 1 unspecified atom stereocenters. The number of morpholine rings is 1. The zero-order valence-corrected chi connectivity index (χ0v) is 17.0. The van der Waals surface area contributed by atoms with Crippen molar-refractivity contribution < 1.29 is 24.5 Å². The van der Waals surface area contributed by atoms with Gasteiger partial charge in [0.2, 0.25) is 0 Å². The Labute approximate surface area is 175 Å².